The zero-order valence-electron chi connectivity index (χ0n) is 17.8. The van der Waals surface area contributed by atoms with Crippen LogP contribution in [0.1, 0.15) is 30.5 Å². The predicted octanol–water partition coefficient (Wildman–Crippen LogP) is 2.85. The van der Waals surface area contributed by atoms with Crippen molar-refractivity contribution in [3.05, 3.63) is 59.8 Å². The maximum absolute atomic E-state index is 12.9. The van der Waals surface area contributed by atoms with Crippen LogP contribution in [0.5, 0.6) is 5.75 Å². The topological polar surface area (TPSA) is 96.0 Å². The molecule has 1 aliphatic rings. The molecule has 0 unspecified atom stereocenters. The fourth-order valence-corrected chi connectivity index (χ4v) is 4.37. The lowest BCUT2D eigenvalue weighted by Crippen LogP contribution is -2.33. The van der Waals surface area contributed by atoms with Gasteiger partial charge in [-0.3, -0.25) is 9.59 Å². The van der Waals surface area contributed by atoms with E-state index in [1.165, 1.54) is 51.2 Å². The van der Waals surface area contributed by atoms with Crippen LogP contribution < -0.4 is 10.1 Å². The number of nitrogens with one attached hydrogen (secondary N) is 1. The number of anilines is 1. The van der Waals surface area contributed by atoms with Crippen LogP contribution in [0.3, 0.4) is 0 Å². The fraction of sp³-hybridized carbons (Fsp3) is 0.273. The zero-order valence-corrected chi connectivity index (χ0v) is 18.6. The molecule has 0 bridgehead atoms. The number of fused-ring (bicyclic) bond motifs is 1. The summed E-state index contributed by atoms with van der Waals surface area (Å²) in [5.74, 6) is -0.224. The number of ether oxygens (including phenoxy) is 1. The average Bonchev–Trinajstić information content (AvgIpc) is 2.73. The van der Waals surface area contributed by atoms with E-state index in [0.29, 0.717) is 5.75 Å². The van der Waals surface area contributed by atoms with Gasteiger partial charge in [0.25, 0.3) is 0 Å². The van der Waals surface area contributed by atoms with Crippen LogP contribution in [0.25, 0.3) is 6.08 Å². The van der Waals surface area contributed by atoms with Gasteiger partial charge in [0.15, 0.2) is 0 Å². The molecule has 1 N–H and O–H groups in total. The van der Waals surface area contributed by atoms with Crippen molar-refractivity contribution in [1.29, 1.82) is 0 Å². The highest BCUT2D eigenvalue weighted by molar-refractivity contribution is 7.89. The summed E-state index contributed by atoms with van der Waals surface area (Å²) in [6, 6.07) is 11.4. The Morgan fingerprint density at radius 2 is 1.87 bits per heavy atom. The van der Waals surface area contributed by atoms with Crippen LogP contribution >= 0.6 is 0 Å². The highest BCUT2D eigenvalue weighted by atomic mass is 32.2. The van der Waals surface area contributed by atoms with E-state index in [1.807, 2.05) is 30.3 Å². The molecule has 0 saturated heterocycles. The van der Waals surface area contributed by atoms with Crippen molar-refractivity contribution in [2.75, 3.05) is 26.5 Å². The normalized spacial score (nSPS) is 15.5. The first-order chi connectivity index (χ1) is 14.6. The molecule has 0 saturated carbocycles. The van der Waals surface area contributed by atoms with E-state index in [4.69, 9.17) is 4.74 Å². The van der Waals surface area contributed by atoms with Gasteiger partial charge in [-0.2, -0.15) is 0 Å². The summed E-state index contributed by atoms with van der Waals surface area (Å²) in [6.07, 6.45) is 3.51. The quantitative estimate of drug-likeness (QED) is 0.741. The Morgan fingerprint density at radius 3 is 2.52 bits per heavy atom. The fourth-order valence-electron chi connectivity index (χ4n) is 3.45. The van der Waals surface area contributed by atoms with Crippen LogP contribution in [0.4, 0.5) is 5.69 Å². The number of hydrogen-bond acceptors (Lipinski definition) is 5. The number of rotatable bonds is 6. The maximum atomic E-state index is 12.9. The summed E-state index contributed by atoms with van der Waals surface area (Å²) in [6.45, 7) is 1.45. The van der Waals surface area contributed by atoms with E-state index in [1.54, 1.807) is 6.20 Å². The molecule has 0 radical (unpaired) electrons. The monoisotopic (exact) mass is 443 g/mol. The molecule has 8 nitrogen and oxygen atoms in total. The van der Waals surface area contributed by atoms with Crippen LogP contribution in [-0.2, 0) is 19.6 Å². The summed E-state index contributed by atoms with van der Waals surface area (Å²) in [4.78, 5) is 26.6. The van der Waals surface area contributed by atoms with E-state index in [9.17, 15) is 18.0 Å². The summed E-state index contributed by atoms with van der Waals surface area (Å²) in [5, 5.41) is 2.74. The Morgan fingerprint density at radius 1 is 1.16 bits per heavy atom. The van der Waals surface area contributed by atoms with E-state index in [0.717, 1.165) is 15.4 Å². The van der Waals surface area contributed by atoms with E-state index in [2.05, 4.69) is 5.32 Å². The van der Waals surface area contributed by atoms with Crippen molar-refractivity contribution in [3.8, 4) is 5.75 Å². The van der Waals surface area contributed by atoms with Gasteiger partial charge in [-0.1, -0.05) is 24.3 Å². The molecular formula is C22H25N3O5S. The molecule has 0 fully saturated rings. The Bertz CT molecular complexity index is 1140. The Labute approximate surface area is 182 Å². The first kappa shape index (κ1) is 22.5. The second-order valence-electron chi connectivity index (χ2n) is 7.29. The molecular weight excluding hydrogens is 418 g/mol. The van der Waals surface area contributed by atoms with Gasteiger partial charge in [-0.05, 0) is 35.4 Å². The average molecular weight is 444 g/mol. The van der Waals surface area contributed by atoms with Crippen molar-refractivity contribution in [3.63, 3.8) is 0 Å². The van der Waals surface area contributed by atoms with Gasteiger partial charge >= 0.3 is 0 Å². The van der Waals surface area contributed by atoms with Crippen LogP contribution in [0.15, 0.2) is 53.6 Å². The smallest absolute Gasteiger partial charge is 0.242 e. The molecule has 1 heterocycles. The second kappa shape index (κ2) is 8.91. The molecule has 164 valence electrons. The second-order valence-corrected chi connectivity index (χ2v) is 9.44. The zero-order chi connectivity index (χ0) is 22.8. The van der Waals surface area contributed by atoms with E-state index < -0.39 is 16.1 Å². The van der Waals surface area contributed by atoms with Crippen molar-refractivity contribution in [2.24, 2.45) is 0 Å². The van der Waals surface area contributed by atoms with Gasteiger partial charge in [-0.25, -0.2) is 12.7 Å². The molecule has 9 heteroatoms. The number of carbonyl (C=O) groups is 2. The molecule has 0 aliphatic carbocycles. The molecule has 2 amide bonds. The lowest BCUT2D eigenvalue weighted by Gasteiger charge is -2.32. The first-order valence-corrected chi connectivity index (χ1v) is 11.1. The summed E-state index contributed by atoms with van der Waals surface area (Å²) < 4.78 is 31.3. The minimum Gasteiger partial charge on any atom is -0.495 e. The Balaban J connectivity index is 1.89. The van der Waals surface area contributed by atoms with Gasteiger partial charge < -0.3 is 15.0 Å². The Hall–Kier alpha value is -3.17. The van der Waals surface area contributed by atoms with Crippen LogP contribution in [0, 0.1) is 0 Å². The van der Waals surface area contributed by atoms with Crippen LogP contribution in [0.2, 0.25) is 0 Å². The molecule has 0 aromatic heterocycles. The number of benzene rings is 2. The van der Waals surface area contributed by atoms with Crippen molar-refractivity contribution >= 4 is 33.6 Å². The minimum absolute atomic E-state index is 0.00521. The number of nitrogens with zero attached hydrogens (tertiary/aromatic N) is 2. The molecule has 0 spiro atoms. The molecule has 2 aromatic rings. The van der Waals surface area contributed by atoms with Gasteiger partial charge in [0, 0.05) is 27.2 Å². The van der Waals surface area contributed by atoms with Gasteiger partial charge in [0.2, 0.25) is 21.8 Å². The standard InChI is InChI=1S/C22H25N3O5S/c1-15(26)25-12-11-16-7-5-6-8-18(16)20(25)14-22(27)23-19-13-17(9-10-21(19)30-4)31(28,29)24(2)3/h5-13,20H,14H2,1-4H3,(H,23,27)/t20-/m1/s1. The van der Waals surface area contributed by atoms with Gasteiger partial charge in [0.1, 0.15) is 5.75 Å². The minimum atomic E-state index is -3.68. The third-order valence-electron chi connectivity index (χ3n) is 5.07. The number of sulfonamides is 1. The van der Waals surface area contributed by atoms with E-state index in [-0.39, 0.29) is 28.8 Å². The third-order valence-corrected chi connectivity index (χ3v) is 6.88. The van der Waals surface area contributed by atoms with Crippen LogP contribution in [-0.4, -0.2) is 50.6 Å². The molecule has 31 heavy (non-hydrogen) atoms. The maximum Gasteiger partial charge on any atom is 0.242 e. The van der Waals surface area contributed by atoms with E-state index >= 15 is 0 Å². The van der Waals surface area contributed by atoms with Gasteiger partial charge in [-0.15, -0.1) is 0 Å². The molecule has 1 atom stereocenters. The number of amides is 2. The molecule has 3 rings (SSSR count). The highest BCUT2D eigenvalue weighted by Gasteiger charge is 2.28. The number of carbonyl (C=O) groups excluding carboxylic acids is 2. The molecule has 2 aromatic carbocycles. The van der Waals surface area contributed by atoms with Gasteiger partial charge in [0.05, 0.1) is 30.2 Å². The summed E-state index contributed by atoms with van der Waals surface area (Å²) >= 11 is 0. The predicted molar refractivity (Wildman–Crippen MR) is 118 cm³/mol. The lowest BCUT2D eigenvalue weighted by atomic mass is 9.93. The van der Waals surface area contributed by atoms with Crippen molar-refractivity contribution in [1.82, 2.24) is 9.21 Å². The summed E-state index contributed by atoms with van der Waals surface area (Å²) in [7, 11) is 0.618. The third kappa shape index (κ3) is 4.62. The largest absolute Gasteiger partial charge is 0.495 e. The summed E-state index contributed by atoms with van der Waals surface area (Å²) in [5.41, 5.74) is 2.05. The van der Waals surface area contributed by atoms with Crippen molar-refractivity contribution in [2.45, 2.75) is 24.3 Å². The SMILES string of the molecule is COc1ccc(S(=O)(=O)N(C)C)cc1NC(=O)C[C@@H]1c2ccccc2C=CN1C(C)=O. The highest BCUT2D eigenvalue weighted by Crippen LogP contribution is 2.34. The molecule has 1 aliphatic heterocycles. The number of hydrogen-bond donors (Lipinski definition) is 1. The Kier molecular flexibility index (Phi) is 6.47. The lowest BCUT2D eigenvalue weighted by molar-refractivity contribution is -0.129. The van der Waals surface area contributed by atoms with Crippen molar-refractivity contribution < 1.29 is 22.7 Å². The number of methoxy groups -OCH3 is 1. The first-order valence-electron chi connectivity index (χ1n) is 9.61.